The van der Waals surface area contributed by atoms with E-state index in [0.29, 0.717) is 23.7 Å². The first kappa shape index (κ1) is 18.3. The minimum absolute atomic E-state index is 0.216. The van der Waals surface area contributed by atoms with Gasteiger partial charge in [-0.25, -0.2) is 4.98 Å². The van der Waals surface area contributed by atoms with E-state index in [1.165, 1.54) is 0 Å². The monoisotopic (exact) mass is 383 g/mol. The molecule has 4 rings (SSSR count). The molecule has 1 aromatic heterocycles. The van der Waals surface area contributed by atoms with Crippen LogP contribution in [0.2, 0.25) is 0 Å². The van der Waals surface area contributed by atoms with E-state index < -0.39 is 12.5 Å². The molecule has 8 nitrogen and oxygen atoms in total. The molecule has 2 aliphatic rings. The number of carbonyl (C=O) groups excluding carboxylic acids is 3. The number of esters is 1. The number of hydrogen-bond acceptors (Lipinski definition) is 6. The molecule has 1 aliphatic carbocycles. The van der Waals surface area contributed by atoms with Crippen LogP contribution in [-0.4, -0.2) is 39.2 Å². The Hall–Kier alpha value is -3.03. The van der Waals surface area contributed by atoms with Gasteiger partial charge in [0.25, 0.3) is 5.56 Å². The van der Waals surface area contributed by atoms with Gasteiger partial charge in [-0.1, -0.05) is 25.0 Å². The molecule has 2 fully saturated rings. The molecule has 2 amide bonds. The van der Waals surface area contributed by atoms with Crippen LogP contribution in [0, 0.1) is 18.8 Å². The van der Waals surface area contributed by atoms with E-state index in [1.807, 2.05) is 13.0 Å². The number of aromatic amines is 1. The van der Waals surface area contributed by atoms with Gasteiger partial charge in [-0.05, 0) is 31.4 Å². The van der Waals surface area contributed by atoms with Crippen molar-refractivity contribution in [1.29, 1.82) is 0 Å². The number of aryl methyl sites for hydroxylation is 1. The lowest BCUT2D eigenvalue weighted by Crippen LogP contribution is -2.36. The molecule has 2 heterocycles. The largest absolute Gasteiger partial charge is 0.456 e. The normalized spacial score (nSPS) is 21.8. The molecule has 2 unspecified atom stereocenters. The maximum absolute atomic E-state index is 12.4. The van der Waals surface area contributed by atoms with E-state index in [2.05, 4.69) is 9.97 Å². The summed E-state index contributed by atoms with van der Waals surface area (Å²) >= 11 is 0. The van der Waals surface area contributed by atoms with Gasteiger partial charge in [0.2, 0.25) is 11.8 Å². The van der Waals surface area contributed by atoms with Crippen LogP contribution < -0.4 is 5.56 Å². The molecule has 1 aliphatic heterocycles. The summed E-state index contributed by atoms with van der Waals surface area (Å²) in [5.41, 5.74) is 1.08. The Labute approximate surface area is 160 Å². The smallest absolute Gasteiger partial charge is 0.326 e. The third-order valence-corrected chi connectivity index (χ3v) is 5.58. The van der Waals surface area contributed by atoms with E-state index in [1.54, 1.807) is 12.1 Å². The Bertz CT molecular complexity index is 1000. The summed E-state index contributed by atoms with van der Waals surface area (Å²) in [6.45, 7) is 1.21. The molecular formula is C20H21N3O5. The molecule has 146 valence electrons. The van der Waals surface area contributed by atoms with Crippen LogP contribution in [0.5, 0.6) is 0 Å². The second-order valence-corrected chi connectivity index (χ2v) is 7.40. The number of likely N-dealkylation sites (tertiary alicyclic amines) is 1. The van der Waals surface area contributed by atoms with Crippen LogP contribution in [0.1, 0.15) is 37.1 Å². The van der Waals surface area contributed by atoms with Crippen LogP contribution in [0.3, 0.4) is 0 Å². The SMILES string of the molecule is Cc1cccc2c(=O)[nH]c(COC(=O)CN3C(=O)C4CCCCC4C3=O)nc12. The Kier molecular flexibility index (Phi) is 4.70. The van der Waals surface area contributed by atoms with Gasteiger partial charge in [0.15, 0.2) is 0 Å². The molecule has 1 N–H and O–H groups in total. The molecule has 1 aromatic carbocycles. The summed E-state index contributed by atoms with van der Waals surface area (Å²) in [4.78, 5) is 57.2. The quantitative estimate of drug-likeness (QED) is 0.632. The number of ether oxygens (including phenoxy) is 1. The minimum Gasteiger partial charge on any atom is -0.456 e. The van der Waals surface area contributed by atoms with Gasteiger partial charge in [0.1, 0.15) is 19.0 Å². The topological polar surface area (TPSA) is 109 Å². The van der Waals surface area contributed by atoms with Gasteiger partial charge >= 0.3 is 5.97 Å². The van der Waals surface area contributed by atoms with E-state index in [0.717, 1.165) is 23.3 Å². The van der Waals surface area contributed by atoms with Gasteiger partial charge in [-0.2, -0.15) is 0 Å². The van der Waals surface area contributed by atoms with Gasteiger partial charge in [0.05, 0.1) is 22.7 Å². The number of H-pyrrole nitrogens is 1. The average Bonchev–Trinajstić information content (AvgIpc) is 2.92. The van der Waals surface area contributed by atoms with E-state index in [9.17, 15) is 19.2 Å². The van der Waals surface area contributed by atoms with Crippen LogP contribution in [0.25, 0.3) is 10.9 Å². The second-order valence-electron chi connectivity index (χ2n) is 7.40. The number of carbonyl (C=O) groups is 3. The first-order valence-electron chi connectivity index (χ1n) is 9.45. The number of nitrogens with zero attached hydrogens (tertiary/aromatic N) is 2. The molecule has 0 radical (unpaired) electrons. The number of para-hydroxylation sites is 1. The van der Waals surface area contributed by atoms with E-state index in [4.69, 9.17) is 4.74 Å². The van der Waals surface area contributed by atoms with Gasteiger partial charge < -0.3 is 9.72 Å². The zero-order valence-electron chi connectivity index (χ0n) is 15.6. The Morgan fingerprint density at radius 3 is 2.54 bits per heavy atom. The van der Waals surface area contributed by atoms with Crippen molar-refractivity contribution in [3.05, 3.63) is 39.9 Å². The van der Waals surface area contributed by atoms with Crippen LogP contribution in [0.15, 0.2) is 23.0 Å². The fourth-order valence-corrected chi connectivity index (χ4v) is 4.13. The number of fused-ring (bicyclic) bond motifs is 2. The van der Waals surface area contributed by atoms with E-state index in [-0.39, 0.29) is 41.6 Å². The highest BCUT2D eigenvalue weighted by Gasteiger charge is 2.48. The fraction of sp³-hybridized carbons (Fsp3) is 0.450. The molecule has 2 atom stereocenters. The summed E-state index contributed by atoms with van der Waals surface area (Å²) < 4.78 is 5.17. The minimum atomic E-state index is -0.701. The molecule has 1 saturated carbocycles. The number of benzene rings is 1. The predicted octanol–water partition coefficient (Wildman–Crippen LogP) is 1.45. The van der Waals surface area contributed by atoms with Crippen LogP contribution in [-0.2, 0) is 25.7 Å². The summed E-state index contributed by atoms with van der Waals surface area (Å²) in [6.07, 6.45) is 3.25. The van der Waals surface area contributed by atoms with Crippen molar-refractivity contribution in [3.63, 3.8) is 0 Å². The van der Waals surface area contributed by atoms with E-state index >= 15 is 0 Å². The first-order valence-corrected chi connectivity index (χ1v) is 9.45. The third-order valence-electron chi connectivity index (χ3n) is 5.58. The van der Waals surface area contributed by atoms with Crippen molar-refractivity contribution >= 4 is 28.7 Å². The number of hydrogen-bond donors (Lipinski definition) is 1. The Morgan fingerprint density at radius 1 is 1.18 bits per heavy atom. The highest BCUT2D eigenvalue weighted by molar-refractivity contribution is 6.07. The lowest BCUT2D eigenvalue weighted by atomic mass is 9.81. The molecule has 0 bridgehead atoms. The van der Waals surface area contributed by atoms with Crippen molar-refractivity contribution < 1.29 is 19.1 Å². The van der Waals surface area contributed by atoms with Crippen LogP contribution in [0.4, 0.5) is 0 Å². The standard InChI is InChI=1S/C20H21N3O5/c1-11-5-4-8-14-17(11)21-15(22-18(14)25)10-28-16(24)9-23-19(26)12-6-2-3-7-13(12)20(23)27/h4-5,8,12-13H,2-3,6-7,9-10H2,1H3,(H,21,22,25). The van der Waals surface area contributed by atoms with Gasteiger partial charge in [-0.3, -0.25) is 24.1 Å². The van der Waals surface area contributed by atoms with Crippen molar-refractivity contribution in [2.24, 2.45) is 11.8 Å². The number of nitrogens with one attached hydrogen (secondary N) is 1. The molecule has 0 spiro atoms. The number of imide groups is 1. The predicted molar refractivity (Wildman–Crippen MR) is 99.1 cm³/mol. The summed E-state index contributed by atoms with van der Waals surface area (Å²) in [5, 5.41) is 0.464. The first-order chi connectivity index (χ1) is 13.5. The lowest BCUT2D eigenvalue weighted by Gasteiger charge is -2.19. The van der Waals surface area contributed by atoms with Crippen molar-refractivity contribution in [2.75, 3.05) is 6.54 Å². The van der Waals surface area contributed by atoms with Crippen molar-refractivity contribution in [3.8, 4) is 0 Å². The van der Waals surface area contributed by atoms with Crippen molar-refractivity contribution in [1.82, 2.24) is 14.9 Å². The number of rotatable bonds is 4. The van der Waals surface area contributed by atoms with Gasteiger partial charge in [-0.15, -0.1) is 0 Å². The summed E-state index contributed by atoms with van der Waals surface area (Å²) in [5.74, 6) is -1.63. The number of aromatic nitrogens is 2. The molecule has 1 saturated heterocycles. The number of amides is 2. The average molecular weight is 383 g/mol. The summed E-state index contributed by atoms with van der Waals surface area (Å²) in [6, 6.07) is 5.29. The second kappa shape index (κ2) is 7.18. The zero-order chi connectivity index (χ0) is 19.8. The molecule has 2 aromatic rings. The fourth-order valence-electron chi connectivity index (χ4n) is 4.13. The maximum Gasteiger partial charge on any atom is 0.326 e. The molecule has 8 heteroatoms. The van der Waals surface area contributed by atoms with Gasteiger partial charge in [0, 0.05) is 0 Å². The van der Waals surface area contributed by atoms with Crippen LogP contribution >= 0.6 is 0 Å². The Morgan fingerprint density at radius 2 is 1.86 bits per heavy atom. The van der Waals surface area contributed by atoms with Crippen molar-refractivity contribution in [2.45, 2.75) is 39.2 Å². The highest BCUT2D eigenvalue weighted by atomic mass is 16.5. The maximum atomic E-state index is 12.4. The third kappa shape index (κ3) is 3.19. The highest BCUT2D eigenvalue weighted by Crippen LogP contribution is 2.37. The molecule has 28 heavy (non-hydrogen) atoms. The zero-order valence-corrected chi connectivity index (χ0v) is 15.6. The Balaban J connectivity index is 1.43. The summed E-state index contributed by atoms with van der Waals surface area (Å²) in [7, 11) is 0. The molecular weight excluding hydrogens is 362 g/mol. The lowest BCUT2D eigenvalue weighted by molar-refractivity contribution is -0.154.